The van der Waals surface area contributed by atoms with E-state index < -0.39 is 0 Å². The van der Waals surface area contributed by atoms with E-state index in [9.17, 15) is 0 Å². The average molecular weight is 285 g/mol. The number of rotatable bonds is 3. The topological polar surface area (TPSA) is 43.6 Å². The number of benzene rings is 2. The molecule has 0 saturated heterocycles. The first-order chi connectivity index (χ1) is 9.72. The zero-order valence-corrected chi connectivity index (χ0v) is 11.7. The smallest absolute Gasteiger partial charge is 0.159 e. The monoisotopic (exact) mass is 284 g/mol. The molecular formula is C15H13ClN4. The van der Waals surface area contributed by atoms with Gasteiger partial charge in [-0.25, -0.2) is 0 Å². The molecule has 0 fully saturated rings. The van der Waals surface area contributed by atoms with Crippen molar-refractivity contribution in [3.8, 4) is 11.4 Å². The summed E-state index contributed by atoms with van der Waals surface area (Å²) in [5.41, 5.74) is 3.19. The third-order valence-corrected chi connectivity index (χ3v) is 3.29. The van der Waals surface area contributed by atoms with Crippen LogP contribution in [0.5, 0.6) is 0 Å². The van der Waals surface area contributed by atoms with E-state index >= 15 is 0 Å². The highest BCUT2D eigenvalue weighted by molar-refractivity contribution is 6.30. The van der Waals surface area contributed by atoms with Crippen LogP contribution in [-0.2, 0) is 6.54 Å². The SMILES string of the molecule is Cc1ccccc1-c1nnn(Cc2cccc(Cl)c2)n1. The van der Waals surface area contributed by atoms with Crippen molar-refractivity contribution in [1.82, 2.24) is 20.2 Å². The fourth-order valence-electron chi connectivity index (χ4n) is 2.04. The molecule has 0 N–H and O–H groups in total. The number of halogens is 1. The van der Waals surface area contributed by atoms with Gasteiger partial charge < -0.3 is 0 Å². The van der Waals surface area contributed by atoms with Crippen molar-refractivity contribution >= 4 is 11.6 Å². The fourth-order valence-corrected chi connectivity index (χ4v) is 2.25. The number of aryl methyl sites for hydroxylation is 1. The molecule has 1 heterocycles. The first-order valence-electron chi connectivity index (χ1n) is 6.30. The Balaban J connectivity index is 1.86. The highest BCUT2D eigenvalue weighted by Gasteiger charge is 2.08. The summed E-state index contributed by atoms with van der Waals surface area (Å²) in [5.74, 6) is 0.644. The van der Waals surface area contributed by atoms with Crippen molar-refractivity contribution in [2.45, 2.75) is 13.5 Å². The van der Waals surface area contributed by atoms with Gasteiger partial charge in [0.25, 0.3) is 0 Å². The van der Waals surface area contributed by atoms with Gasteiger partial charge in [0.05, 0.1) is 6.54 Å². The van der Waals surface area contributed by atoms with Crippen molar-refractivity contribution < 1.29 is 0 Å². The molecule has 0 amide bonds. The van der Waals surface area contributed by atoms with E-state index in [1.165, 1.54) is 0 Å². The zero-order valence-electron chi connectivity index (χ0n) is 11.0. The van der Waals surface area contributed by atoms with Crippen LogP contribution < -0.4 is 0 Å². The lowest BCUT2D eigenvalue weighted by atomic mass is 10.1. The van der Waals surface area contributed by atoms with Crippen LogP contribution in [-0.4, -0.2) is 20.2 Å². The molecule has 0 unspecified atom stereocenters. The van der Waals surface area contributed by atoms with Crippen LogP contribution in [0.4, 0.5) is 0 Å². The molecule has 5 heteroatoms. The minimum atomic E-state index is 0.555. The molecule has 0 bridgehead atoms. The second kappa shape index (κ2) is 5.43. The first kappa shape index (κ1) is 12.8. The van der Waals surface area contributed by atoms with Gasteiger partial charge in [0.15, 0.2) is 0 Å². The Morgan fingerprint density at radius 1 is 1.10 bits per heavy atom. The van der Waals surface area contributed by atoms with Gasteiger partial charge in [-0.15, -0.1) is 10.2 Å². The summed E-state index contributed by atoms with van der Waals surface area (Å²) in [7, 11) is 0. The fraction of sp³-hybridized carbons (Fsp3) is 0.133. The third-order valence-electron chi connectivity index (χ3n) is 3.05. The second-order valence-electron chi connectivity index (χ2n) is 4.59. The maximum atomic E-state index is 5.97. The standard InChI is InChI=1S/C15H13ClN4/c1-11-5-2-3-8-14(11)15-17-19-20(18-15)10-12-6-4-7-13(16)9-12/h2-9H,10H2,1H3. The van der Waals surface area contributed by atoms with Gasteiger partial charge in [-0.2, -0.15) is 4.80 Å². The molecule has 20 heavy (non-hydrogen) atoms. The molecule has 4 nitrogen and oxygen atoms in total. The van der Waals surface area contributed by atoms with Crippen molar-refractivity contribution in [2.24, 2.45) is 0 Å². The van der Waals surface area contributed by atoms with Gasteiger partial charge in [0.1, 0.15) is 0 Å². The Bertz CT molecular complexity index is 736. The van der Waals surface area contributed by atoms with Crippen LogP contribution in [0.1, 0.15) is 11.1 Å². The molecular weight excluding hydrogens is 272 g/mol. The lowest BCUT2D eigenvalue weighted by Gasteiger charge is -2.00. The van der Waals surface area contributed by atoms with Crippen LogP contribution in [0.3, 0.4) is 0 Å². The molecule has 100 valence electrons. The van der Waals surface area contributed by atoms with Crippen LogP contribution in [0.25, 0.3) is 11.4 Å². The maximum absolute atomic E-state index is 5.97. The Labute approximate surface area is 122 Å². The van der Waals surface area contributed by atoms with E-state index in [4.69, 9.17) is 11.6 Å². The number of tetrazole rings is 1. The molecule has 2 aromatic carbocycles. The molecule has 3 aromatic rings. The number of hydrogen-bond acceptors (Lipinski definition) is 3. The van der Waals surface area contributed by atoms with E-state index in [1.54, 1.807) is 4.80 Å². The highest BCUT2D eigenvalue weighted by atomic mass is 35.5. The number of hydrogen-bond donors (Lipinski definition) is 0. The Morgan fingerprint density at radius 2 is 1.95 bits per heavy atom. The Morgan fingerprint density at radius 3 is 2.75 bits per heavy atom. The Hall–Kier alpha value is -2.20. The van der Waals surface area contributed by atoms with Gasteiger partial charge in [-0.1, -0.05) is 48.0 Å². The van der Waals surface area contributed by atoms with Crippen molar-refractivity contribution in [3.05, 3.63) is 64.7 Å². The zero-order chi connectivity index (χ0) is 13.9. The molecule has 0 saturated carbocycles. The summed E-state index contributed by atoms with van der Waals surface area (Å²) in [6.45, 7) is 2.59. The van der Waals surface area contributed by atoms with Gasteiger partial charge in [-0.3, -0.25) is 0 Å². The molecule has 1 aromatic heterocycles. The summed E-state index contributed by atoms with van der Waals surface area (Å²) in [6.07, 6.45) is 0. The van der Waals surface area contributed by atoms with Crippen LogP contribution in [0.15, 0.2) is 48.5 Å². The van der Waals surface area contributed by atoms with E-state index in [0.717, 1.165) is 16.7 Å². The van der Waals surface area contributed by atoms with Gasteiger partial charge in [-0.05, 0) is 35.4 Å². The lowest BCUT2D eigenvalue weighted by Crippen LogP contribution is -2.03. The quantitative estimate of drug-likeness (QED) is 0.741. The van der Waals surface area contributed by atoms with E-state index in [0.29, 0.717) is 17.4 Å². The van der Waals surface area contributed by atoms with E-state index in [1.807, 2.05) is 55.5 Å². The third kappa shape index (κ3) is 2.70. The van der Waals surface area contributed by atoms with Gasteiger partial charge >= 0.3 is 0 Å². The summed E-state index contributed by atoms with van der Waals surface area (Å²) in [6, 6.07) is 15.6. The minimum absolute atomic E-state index is 0.555. The van der Waals surface area contributed by atoms with Crippen LogP contribution in [0, 0.1) is 6.92 Å². The molecule has 0 spiro atoms. The van der Waals surface area contributed by atoms with Crippen molar-refractivity contribution in [1.29, 1.82) is 0 Å². The first-order valence-corrected chi connectivity index (χ1v) is 6.68. The van der Waals surface area contributed by atoms with Gasteiger partial charge in [0.2, 0.25) is 5.82 Å². The lowest BCUT2D eigenvalue weighted by molar-refractivity contribution is 0.573. The second-order valence-corrected chi connectivity index (χ2v) is 5.02. The molecule has 0 aliphatic rings. The van der Waals surface area contributed by atoms with Crippen molar-refractivity contribution in [3.63, 3.8) is 0 Å². The van der Waals surface area contributed by atoms with Crippen LogP contribution in [0.2, 0.25) is 5.02 Å². The summed E-state index contributed by atoms with van der Waals surface area (Å²) in [5, 5.41) is 13.3. The predicted octanol–water partition coefficient (Wildman–Crippen LogP) is 3.35. The largest absolute Gasteiger partial charge is 0.205 e. The minimum Gasteiger partial charge on any atom is -0.159 e. The average Bonchev–Trinajstić information content (AvgIpc) is 2.87. The van der Waals surface area contributed by atoms with Gasteiger partial charge in [0, 0.05) is 10.6 Å². The summed E-state index contributed by atoms with van der Waals surface area (Å²) >= 11 is 5.97. The normalized spacial score (nSPS) is 10.7. The summed E-state index contributed by atoms with van der Waals surface area (Å²) in [4.78, 5) is 1.58. The number of aromatic nitrogens is 4. The molecule has 3 rings (SSSR count). The van der Waals surface area contributed by atoms with Crippen LogP contribution >= 0.6 is 11.6 Å². The summed E-state index contributed by atoms with van der Waals surface area (Å²) < 4.78 is 0. The van der Waals surface area contributed by atoms with Crippen molar-refractivity contribution in [2.75, 3.05) is 0 Å². The van der Waals surface area contributed by atoms with E-state index in [-0.39, 0.29) is 0 Å². The molecule has 0 aliphatic carbocycles. The number of nitrogens with zero attached hydrogens (tertiary/aromatic N) is 4. The Kier molecular flexibility index (Phi) is 3.48. The molecule has 0 atom stereocenters. The maximum Gasteiger partial charge on any atom is 0.205 e. The molecule has 0 radical (unpaired) electrons. The highest BCUT2D eigenvalue weighted by Crippen LogP contribution is 2.18. The predicted molar refractivity (Wildman–Crippen MR) is 78.5 cm³/mol. The van der Waals surface area contributed by atoms with E-state index in [2.05, 4.69) is 15.4 Å². The molecule has 0 aliphatic heterocycles.